The second-order valence-corrected chi connectivity index (χ2v) is 3.50. The summed E-state index contributed by atoms with van der Waals surface area (Å²) in [7, 11) is 3.11. The molecule has 0 aromatic rings. The molecule has 0 spiro atoms. The summed E-state index contributed by atoms with van der Waals surface area (Å²) in [5, 5.41) is 9.37. The van der Waals surface area contributed by atoms with Gasteiger partial charge in [-0.2, -0.15) is 0 Å². The molecule has 0 fully saturated rings. The minimum absolute atomic E-state index is 0.0621. The fraction of sp³-hybridized carbons (Fsp3) is 0.875. The van der Waals surface area contributed by atoms with Crippen molar-refractivity contribution in [3.05, 3.63) is 0 Å². The lowest BCUT2D eigenvalue weighted by molar-refractivity contribution is -0.136. The molecule has 0 saturated heterocycles. The van der Waals surface area contributed by atoms with Crippen LogP contribution in [0.5, 0.6) is 0 Å². The summed E-state index contributed by atoms with van der Waals surface area (Å²) in [6.45, 7) is 3.69. The lowest BCUT2D eigenvalue weighted by Crippen LogP contribution is -2.41. The average Bonchev–Trinajstić information content (AvgIpc) is 1.84. The van der Waals surface area contributed by atoms with E-state index in [2.05, 4.69) is 4.74 Å². The molecule has 0 heterocycles. The summed E-state index contributed by atoms with van der Waals surface area (Å²) in [5.74, 6) is -0.125. The van der Waals surface area contributed by atoms with Gasteiger partial charge in [0.15, 0.2) is 0 Å². The Hall–Kier alpha value is -0.610. The molecule has 0 unspecified atom stereocenters. The first-order chi connectivity index (χ1) is 5.37. The van der Waals surface area contributed by atoms with Crippen molar-refractivity contribution in [3.8, 4) is 0 Å². The molecule has 0 radical (unpaired) electrons. The number of carbonyl (C=O) groups is 1. The zero-order valence-corrected chi connectivity index (χ0v) is 8.13. The van der Waals surface area contributed by atoms with Crippen LogP contribution in [0.15, 0.2) is 0 Å². The lowest BCUT2D eigenvalue weighted by atomic mass is 10.1. The largest absolute Gasteiger partial charge is 0.389 e. The van der Waals surface area contributed by atoms with Crippen molar-refractivity contribution in [2.75, 3.05) is 27.3 Å². The van der Waals surface area contributed by atoms with E-state index in [9.17, 15) is 9.90 Å². The van der Waals surface area contributed by atoms with Gasteiger partial charge in [0.25, 0.3) is 0 Å². The van der Waals surface area contributed by atoms with Gasteiger partial charge >= 0.3 is 0 Å². The number of nitrogens with zero attached hydrogens (tertiary/aromatic N) is 1. The van der Waals surface area contributed by atoms with E-state index in [1.165, 1.54) is 12.0 Å². The number of aliphatic hydroxyl groups is 1. The molecule has 1 amide bonds. The Morgan fingerprint density at radius 3 is 2.42 bits per heavy atom. The highest BCUT2D eigenvalue weighted by atomic mass is 16.5. The third-order valence-electron chi connectivity index (χ3n) is 1.32. The minimum Gasteiger partial charge on any atom is -0.389 e. The number of hydrogen-bond donors (Lipinski definition) is 1. The lowest BCUT2D eigenvalue weighted by Gasteiger charge is -2.25. The van der Waals surface area contributed by atoms with E-state index in [1.54, 1.807) is 20.9 Å². The first-order valence-corrected chi connectivity index (χ1v) is 3.82. The van der Waals surface area contributed by atoms with Crippen LogP contribution in [-0.2, 0) is 9.53 Å². The molecule has 1 N–H and O–H groups in total. The van der Waals surface area contributed by atoms with Crippen LogP contribution in [0.3, 0.4) is 0 Å². The van der Waals surface area contributed by atoms with Gasteiger partial charge < -0.3 is 14.7 Å². The van der Waals surface area contributed by atoms with Gasteiger partial charge in [-0.3, -0.25) is 4.79 Å². The van der Waals surface area contributed by atoms with Crippen LogP contribution in [0.4, 0.5) is 0 Å². The van der Waals surface area contributed by atoms with Gasteiger partial charge in [-0.15, -0.1) is 0 Å². The third kappa shape index (κ3) is 5.09. The zero-order chi connectivity index (χ0) is 9.78. The maximum Gasteiger partial charge on any atom is 0.248 e. The van der Waals surface area contributed by atoms with Crippen molar-refractivity contribution < 1.29 is 14.6 Å². The SMILES string of the molecule is COCC(=O)N(C)CC(C)(C)O. The van der Waals surface area contributed by atoms with E-state index >= 15 is 0 Å². The summed E-state index contributed by atoms with van der Waals surface area (Å²) in [5.41, 5.74) is -0.849. The molecule has 0 saturated carbocycles. The molecule has 0 aromatic carbocycles. The van der Waals surface area contributed by atoms with E-state index < -0.39 is 5.60 Å². The van der Waals surface area contributed by atoms with Gasteiger partial charge in [0.1, 0.15) is 6.61 Å². The molecule has 4 heteroatoms. The van der Waals surface area contributed by atoms with E-state index in [1.807, 2.05) is 0 Å². The molecular formula is C8H17NO3. The zero-order valence-electron chi connectivity index (χ0n) is 8.13. The van der Waals surface area contributed by atoms with Crippen molar-refractivity contribution in [2.45, 2.75) is 19.4 Å². The second kappa shape index (κ2) is 4.42. The molecule has 0 aliphatic rings. The highest BCUT2D eigenvalue weighted by Crippen LogP contribution is 2.02. The summed E-state index contributed by atoms with van der Waals surface area (Å²) in [6, 6.07) is 0. The van der Waals surface area contributed by atoms with Gasteiger partial charge in [-0.25, -0.2) is 0 Å². The van der Waals surface area contributed by atoms with Crippen LogP contribution < -0.4 is 0 Å². The van der Waals surface area contributed by atoms with Crippen molar-refractivity contribution >= 4 is 5.91 Å². The molecule has 0 aliphatic carbocycles. The molecule has 0 atom stereocenters. The summed E-state index contributed by atoms with van der Waals surface area (Å²) >= 11 is 0. The Morgan fingerprint density at radius 2 is 2.08 bits per heavy atom. The van der Waals surface area contributed by atoms with Gasteiger partial charge in [-0.1, -0.05) is 0 Å². The van der Waals surface area contributed by atoms with Gasteiger partial charge in [0, 0.05) is 20.7 Å². The maximum atomic E-state index is 11.1. The summed E-state index contributed by atoms with van der Waals surface area (Å²) in [4.78, 5) is 12.6. The van der Waals surface area contributed by atoms with Gasteiger partial charge in [-0.05, 0) is 13.8 Å². The Morgan fingerprint density at radius 1 is 1.58 bits per heavy atom. The van der Waals surface area contributed by atoms with Crippen molar-refractivity contribution in [3.63, 3.8) is 0 Å². The number of methoxy groups -OCH3 is 1. The van der Waals surface area contributed by atoms with Gasteiger partial charge in [0.2, 0.25) is 5.91 Å². The topological polar surface area (TPSA) is 49.8 Å². The third-order valence-corrected chi connectivity index (χ3v) is 1.32. The Balaban J connectivity index is 3.87. The number of rotatable bonds is 4. The van der Waals surface area contributed by atoms with Crippen LogP contribution in [0, 0.1) is 0 Å². The normalized spacial score (nSPS) is 11.4. The number of amides is 1. The Kier molecular flexibility index (Phi) is 4.20. The highest BCUT2D eigenvalue weighted by molar-refractivity contribution is 5.77. The van der Waals surface area contributed by atoms with E-state index in [-0.39, 0.29) is 12.5 Å². The predicted molar refractivity (Wildman–Crippen MR) is 45.8 cm³/mol. The smallest absolute Gasteiger partial charge is 0.248 e. The fourth-order valence-electron chi connectivity index (χ4n) is 0.902. The Labute approximate surface area is 73.1 Å². The number of carbonyl (C=O) groups excluding carboxylic acids is 1. The van der Waals surface area contributed by atoms with Crippen molar-refractivity contribution in [1.29, 1.82) is 0 Å². The van der Waals surface area contributed by atoms with Crippen LogP contribution in [0.25, 0.3) is 0 Å². The summed E-state index contributed by atoms with van der Waals surface area (Å²) < 4.78 is 4.67. The molecule has 0 bridgehead atoms. The Bertz CT molecular complexity index is 151. The van der Waals surface area contributed by atoms with E-state index in [4.69, 9.17) is 0 Å². The maximum absolute atomic E-state index is 11.1. The second-order valence-electron chi connectivity index (χ2n) is 3.50. The van der Waals surface area contributed by atoms with E-state index in [0.29, 0.717) is 6.54 Å². The first-order valence-electron chi connectivity index (χ1n) is 3.82. The monoisotopic (exact) mass is 175 g/mol. The average molecular weight is 175 g/mol. The molecule has 12 heavy (non-hydrogen) atoms. The number of hydrogen-bond acceptors (Lipinski definition) is 3. The van der Waals surface area contributed by atoms with Crippen LogP contribution in [0.1, 0.15) is 13.8 Å². The molecule has 0 aliphatic heterocycles. The minimum atomic E-state index is -0.849. The van der Waals surface area contributed by atoms with Crippen molar-refractivity contribution in [1.82, 2.24) is 4.90 Å². The molecule has 72 valence electrons. The van der Waals surface area contributed by atoms with Crippen LogP contribution in [0.2, 0.25) is 0 Å². The fourth-order valence-corrected chi connectivity index (χ4v) is 0.902. The van der Waals surface area contributed by atoms with Gasteiger partial charge in [0.05, 0.1) is 5.60 Å². The quantitative estimate of drug-likeness (QED) is 0.647. The molecular weight excluding hydrogens is 158 g/mol. The van der Waals surface area contributed by atoms with Crippen LogP contribution >= 0.6 is 0 Å². The highest BCUT2D eigenvalue weighted by Gasteiger charge is 2.18. The first kappa shape index (κ1) is 11.4. The number of ether oxygens (including phenoxy) is 1. The molecule has 0 rings (SSSR count). The number of likely N-dealkylation sites (N-methyl/N-ethyl adjacent to an activating group) is 1. The van der Waals surface area contributed by atoms with Crippen LogP contribution in [-0.4, -0.2) is 48.8 Å². The van der Waals surface area contributed by atoms with Crippen molar-refractivity contribution in [2.24, 2.45) is 0 Å². The molecule has 0 aromatic heterocycles. The molecule has 4 nitrogen and oxygen atoms in total. The van der Waals surface area contributed by atoms with E-state index in [0.717, 1.165) is 0 Å². The summed E-state index contributed by atoms with van der Waals surface area (Å²) in [6.07, 6.45) is 0. The predicted octanol–water partition coefficient (Wildman–Crippen LogP) is -0.138. The standard InChI is InChI=1S/C8H17NO3/c1-8(2,11)6-9(3)7(10)5-12-4/h11H,5-6H2,1-4H3.